The Balaban J connectivity index is 1.67. The molecular weight excluding hydrogens is 440 g/mol. The van der Waals surface area contributed by atoms with E-state index in [-0.39, 0.29) is 41.4 Å². The number of aliphatic hydroxyl groups is 1. The third kappa shape index (κ3) is 2.99. The first-order valence-electron chi connectivity index (χ1n) is 11.3. The summed E-state index contributed by atoms with van der Waals surface area (Å²) in [6.45, 7) is 6.06. The summed E-state index contributed by atoms with van der Waals surface area (Å²) in [6.07, 6.45) is 3.01. The number of carbonyl (C=O) groups excluding carboxylic acids is 1. The van der Waals surface area contributed by atoms with Crippen molar-refractivity contribution in [2.75, 3.05) is 13.2 Å². The molecule has 1 amide bonds. The molecule has 0 aliphatic heterocycles. The van der Waals surface area contributed by atoms with E-state index in [9.17, 15) is 13.6 Å². The number of nitrogens with zero attached hydrogens (tertiary/aromatic N) is 4. The first-order chi connectivity index (χ1) is 16.2. The Morgan fingerprint density at radius 1 is 1.21 bits per heavy atom. The van der Waals surface area contributed by atoms with Crippen LogP contribution in [0.1, 0.15) is 65.7 Å². The number of aromatic nitrogens is 4. The Kier molecular flexibility index (Phi) is 5.20. The fraction of sp³-hybridized carbons (Fsp3) is 0.400. The minimum atomic E-state index is -0.685. The second-order valence-electron chi connectivity index (χ2n) is 9.52. The van der Waals surface area contributed by atoms with Gasteiger partial charge in [-0.2, -0.15) is 5.10 Å². The summed E-state index contributed by atoms with van der Waals surface area (Å²) in [7, 11) is 0. The van der Waals surface area contributed by atoms with E-state index in [1.807, 2.05) is 6.92 Å². The van der Waals surface area contributed by atoms with Crippen molar-refractivity contribution in [2.45, 2.75) is 44.9 Å². The first-order valence-corrected chi connectivity index (χ1v) is 11.3. The molecule has 2 bridgehead atoms. The summed E-state index contributed by atoms with van der Waals surface area (Å²) in [5, 5.41) is 20.4. The molecule has 2 aliphatic carbocycles. The van der Waals surface area contributed by atoms with Crippen LogP contribution >= 0.6 is 0 Å². The predicted octanol–water partition coefficient (Wildman–Crippen LogP) is 3.45. The smallest absolute Gasteiger partial charge is 0.271 e. The molecule has 2 aliphatic rings. The second kappa shape index (κ2) is 7.87. The Morgan fingerprint density at radius 2 is 1.94 bits per heavy atom. The molecule has 5 rings (SSSR count). The number of carbonyl (C=O) groups is 1. The highest BCUT2D eigenvalue weighted by molar-refractivity contribution is 5.92. The van der Waals surface area contributed by atoms with Gasteiger partial charge in [-0.25, -0.2) is 13.8 Å². The molecule has 2 N–H and O–H groups in total. The molecule has 1 fully saturated rings. The molecule has 0 radical (unpaired) electrons. The van der Waals surface area contributed by atoms with E-state index in [0.717, 1.165) is 24.1 Å². The van der Waals surface area contributed by atoms with Crippen molar-refractivity contribution < 1.29 is 18.7 Å². The number of nitrogens with one attached hydrogen (secondary N) is 1. The fourth-order valence-corrected chi connectivity index (χ4v) is 5.94. The van der Waals surface area contributed by atoms with Crippen LogP contribution in [0.25, 0.3) is 11.3 Å². The number of aliphatic hydroxyl groups excluding tert-OH is 1. The highest BCUT2D eigenvalue weighted by Crippen LogP contribution is 2.69. The molecule has 176 valence electrons. The molecular formula is C25H25F2N5O2. The normalized spacial score (nSPS) is 22.0. The van der Waals surface area contributed by atoms with Crippen molar-refractivity contribution in [1.29, 1.82) is 0 Å². The van der Waals surface area contributed by atoms with Gasteiger partial charge in [0, 0.05) is 6.54 Å². The van der Waals surface area contributed by atoms with Crippen LogP contribution in [0.4, 0.5) is 8.78 Å². The SMILES string of the molecule is Cc1ncc(C(=O)NCCO)nc1[C@@]12CC[C@@H](c3cc(-c4c(F)cccc4F)nnc31)C2(C)C. The van der Waals surface area contributed by atoms with Gasteiger partial charge in [-0.05, 0) is 54.9 Å². The van der Waals surface area contributed by atoms with Gasteiger partial charge in [-0.3, -0.25) is 9.78 Å². The lowest BCUT2D eigenvalue weighted by Gasteiger charge is -2.38. The van der Waals surface area contributed by atoms with E-state index >= 15 is 0 Å². The first kappa shape index (κ1) is 22.5. The lowest BCUT2D eigenvalue weighted by Crippen LogP contribution is -2.39. The van der Waals surface area contributed by atoms with Crippen LogP contribution in [0.5, 0.6) is 0 Å². The number of rotatable bonds is 5. The Hall–Kier alpha value is -3.33. The van der Waals surface area contributed by atoms with E-state index in [4.69, 9.17) is 10.1 Å². The molecule has 2 aromatic heterocycles. The number of benzene rings is 1. The summed E-state index contributed by atoms with van der Waals surface area (Å²) >= 11 is 0. The lowest BCUT2D eigenvalue weighted by molar-refractivity contribution is 0.0938. The van der Waals surface area contributed by atoms with E-state index in [0.29, 0.717) is 11.4 Å². The number of amides is 1. The maximum Gasteiger partial charge on any atom is 0.271 e. The average Bonchev–Trinajstić information content (AvgIpc) is 3.18. The predicted molar refractivity (Wildman–Crippen MR) is 120 cm³/mol. The van der Waals surface area contributed by atoms with Crippen LogP contribution in [-0.2, 0) is 5.41 Å². The maximum absolute atomic E-state index is 14.5. The number of hydrogen-bond acceptors (Lipinski definition) is 6. The van der Waals surface area contributed by atoms with E-state index in [1.54, 1.807) is 6.07 Å². The van der Waals surface area contributed by atoms with Crippen LogP contribution < -0.4 is 5.32 Å². The minimum absolute atomic E-state index is 0.0830. The molecule has 0 unspecified atom stereocenters. The summed E-state index contributed by atoms with van der Waals surface area (Å²) in [5.41, 5.74) is 2.13. The largest absolute Gasteiger partial charge is 0.395 e. The highest BCUT2D eigenvalue weighted by atomic mass is 19.1. The van der Waals surface area contributed by atoms with Crippen molar-refractivity contribution in [3.8, 4) is 11.3 Å². The summed E-state index contributed by atoms with van der Waals surface area (Å²) < 4.78 is 28.9. The van der Waals surface area contributed by atoms with Crippen LogP contribution in [0.2, 0.25) is 0 Å². The van der Waals surface area contributed by atoms with Gasteiger partial charge in [0.2, 0.25) is 0 Å². The zero-order valence-electron chi connectivity index (χ0n) is 19.2. The molecule has 7 nitrogen and oxygen atoms in total. The standard InChI is InChI=1S/C25H25F2N5O2/c1-13-21(30-19(12-29-13)23(34)28-9-10-33)25-8-7-15(24(25,2)3)14-11-18(31-32-22(14)25)20-16(26)5-4-6-17(20)27/h4-6,11-12,15,33H,7-10H2,1-3H3,(H,28,34)/t15-,25-/m0/s1. The van der Waals surface area contributed by atoms with E-state index in [2.05, 4.69) is 34.3 Å². The second-order valence-corrected chi connectivity index (χ2v) is 9.52. The number of aryl methyl sites for hydroxylation is 1. The molecule has 2 heterocycles. The van der Waals surface area contributed by atoms with Crippen molar-refractivity contribution in [1.82, 2.24) is 25.5 Å². The van der Waals surface area contributed by atoms with Crippen LogP contribution in [0.15, 0.2) is 30.5 Å². The van der Waals surface area contributed by atoms with Gasteiger partial charge in [0.25, 0.3) is 5.91 Å². The monoisotopic (exact) mass is 465 g/mol. The van der Waals surface area contributed by atoms with Gasteiger partial charge < -0.3 is 10.4 Å². The Labute approximate surface area is 195 Å². The Morgan fingerprint density at radius 3 is 2.65 bits per heavy atom. The maximum atomic E-state index is 14.5. The molecule has 0 spiro atoms. The zero-order chi connectivity index (χ0) is 24.3. The number of hydrogen-bond donors (Lipinski definition) is 2. The van der Waals surface area contributed by atoms with Crippen molar-refractivity contribution in [2.24, 2.45) is 5.41 Å². The lowest BCUT2D eigenvalue weighted by atomic mass is 9.66. The molecule has 3 aromatic rings. The van der Waals surface area contributed by atoms with Gasteiger partial charge in [0.15, 0.2) is 0 Å². The van der Waals surface area contributed by atoms with E-state index < -0.39 is 23.0 Å². The topological polar surface area (TPSA) is 101 Å². The summed E-state index contributed by atoms with van der Waals surface area (Å²) in [5.74, 6) is -1.70. The highest BCUT2D eigenvalue weighted by Gasteiger charge is 2.65. The number of fused-ring (bicyclic) bond motifs is 5. The third-order valence-electron chi connectivity index (χ3n) is 7.59. The van der Waals surface area contributed by atoms with Gasteiger partial charge in [0.1, 0.15) is 17.3 Å². The molecule has 1 aromatic carbocycles. The Bertz CT molecular complexity index is 1290. The molecule has 34 heavy (non-hydrogen) atoms. The van der Waals surface area contributed by atoms with Crippen molar-refractivity contribution in [3.63, 3.8) is 0 Å². The third-order valence-corrected chi connectivity index (χ3v) is 7.59. The molecule has 0 saturated heterocycles. The van der Waals surface area contributed by atoms with Gasteiger partial charge in [-0.1, -0.05) is 19.9 Å². The van der Waals surface area contributed by atoms with Gasteiger partial charge >= 0.3 is 0 Å². The van der Waals surface area contributed by atoms with Crippen molar-refractivity contribution >= 4 is 5.91 Å². The molecule has 1 saturated carbocycles. The van der Waals surface area contributed by atoms with Crippen LogP contribution in [0, 0.1) is 24.0 Å². The van der Waals surface area contributed by atoms with Crippen LogP contribution in [-0.4, -0.2) is 44.3 Å². The summed E-state index contributed by atoms with van der Waals surface area (Å²) in [4.78, 5) is 21.7. The minimum Gasteiger partial charge on any atom is -0.395 e. The zero-order valence-corrected chi connectivity index (χ0v) is 19.2. The van der Waals surface area contributed by atoms with Gasteiger partial charge in [0.05, 0.1) is 46.6 Å². The van der Waals surface area contributed by atoms with Crippen LogP contribution in [0.3, 0.4) is 0 Å². The van der Waals surface area contributed by atoms with Gasteiger partial charge in [-0.15, -0.1) is 5.10 Å². The van der Waals surface area contributed by atoms with E-state index in [1.165, 1.54) is 24.4 Å². The quantitative estimate of drug-likeness (QED) is 0.599. The average molecular weight is 466 g/mol. The number of halogens is 2. The summed E-state index contributed by atoms with van der Waals surface area (Å²) in [6, 6.07) is 5.48. The fourth-order valence-electron chi connectivity index (χ4n) is 5.94. The van der Waals surface area contributed by atoms with Crippen molar-refractivity contribution in [3.05, 3.63) is 70.4 Å². The molecule has 2 atom stereocenters. The molecule has 9 heteroatoms.